The highest BCUT2D eigenvalue weighted by Gasteiger charge is 2.46. The van der Waals surface area contributed by atoms with Crippen LogP contribution in [0.5, 0.6) is 0 Å². The number of carbonyl (C=O) groups is 1. The fraction of sp³-hybridized carbons (Fsp3) is 0.222. The maximum atomic E-state index is 11.9. The third-order valence-corrected chi connectivity index (χ3v) is 2.87. The molecule has 0 aliphatic carbocycles. The van der Waals surface area contributed by atoms with Gasteiger partial charge in [-0.3, -0.25) is 4.79 Å². The lowest BCUT2D eigenvalue weighted by atomic mass is 10.1. The third-order valence-electron chi connectivity index (χ3n) is 1.76. The quantitative estimate of drug-likeness (QED) is 0.894. The van der Waals surface area contributed by atoms with Crippen LogP contribution in [0.25, 0.3) is 0 Å². The van der Waals surface area contributed by atoms with E-state index in [0.29, 0.717) is 5.56 Å². The molecule has 1 aromatic carbocycles. The maximum Gasteiger partial charge on any atom is 0.516 e. The Hall–Kier alpha value is -1.57. The first kappa shape index (κ1) is 13.5. The first-order valence-corrected chi connectivity index (χ1v) is 5.86. The van der Waals surface area contributed by atoms with E-state index < -0.39 is 27.9 Å². The highest BCUT2D eigenvalue weighted by molar-refractivity contribution is 7.90. The fourth-order valence-electron chi connectivity index (χ4n) is 1.03. The van der Waals surface area contributed by atoms with Crippen LogP contribution >= 0.6 is 0 Å². The molecule has 0 aliphatic rings. The minimum Gasteiger partial charge on any atom is -0.274 e. The Bertz CT molecular complexity index is 496. The zero-order chi connectivity index (χ0) is 13.1. The van der Waals surface area contributed by atoms with Crippen LogP contribution in [-0.2, 0) is 21.2 Å². The molecule has 17 heavy (non-hydrogen) atoms. The van der Waals surface area contributed by atoms with Crippen LogP contribution < -0.4 is 4.72 Å². The monoisotopic (exact) mass is 267 g/mol. The standard InChI is InChI=1S/C9H8F3NO3S/c10-9(11,12)17(15,16)13-8(14)6-7-4-2-1-3-5-7/h1-5H,6H2,(H,13,14). The van der Waals surface area contributed by atoms with Gasteiger partial charge in [0.05, 0.1) is 6.42 Å². The first-order chi connectivity index (χ1) is 7.72. The Balaban J connectivity index is 2.69. The summed E-state index contributed by atoms with van der Waals surface area (Å²) < 4.78 is 57.9. The molecule has 0 heterocycles. The molecule has 0 saturated carbocycles. The number of carbonyl (C=O) groups excluding carboxylic acids is 1. The number of benzene rings is 1. The minimum atomic E-state index is -5.62. The molecule has 94 valence electrons. The average molecular weight is 267 g/mol. The van der Waals surface area contributed by atoms with E-state index in [2.05, 4.69) is 0 Å². The SMILES string of the molecule is O=C(Cc1ccccc1)NS(=O)(=O)C(F)(F)F. The molecule has 0 aromatic heterocycles. The number of rotatable bonds is 3. The van der Waals surface area contributed by atoms with E-state index in [4.69, 9.17) is 0 Å². The summed E-state index contributed by atoms with van der Waals surface area (Å²) in [6, 6.07) is 7.83. The number of hydrogen-bond donors (Lipinski definition) is 1. The summed E-state index contributed by atoms with van der Waals surface area (Å²) in [6.07, 6.45) is -0.434. The number of hydrogen-bond acceptors (Lipinski definition) is 3. The maximum absolute atomic E-state index is 11.9. The van der Waals surface area contributed by atoms with Gasteiger partial charge in [0.25, 0.3) is 0 Å². The van der Waals surface area contributed by atoms with Crippen LogP contribution in [0.15, 0.2) is 30.3 Å². The van der Waals surface area contributed by atoms with Crippen molar-refractivity contribution >= 4 is 15.9 Å². The summed E-state index contributed by atoms with van der Waals surface area (Å²) in [4.78, 5) is 11.1. The molecule has 0 spiro atoms. The van der Waals surface area contributed by atoms with E-state index in [-0.39, 0.29) is 0 Å². The van der Waals surface area contributed by atoms with Crippen molar-refractivity contribution in [1.29, 1.82) is 0 Å². The van der Waals surface area contributed by atoms with Gasteiger partial charge in [-0.25, -0.2) is 4.72 Å². The van der Waals surface area contributed by atoms with Crippen LogP contribution in [-0.4, -0.2) is 19.8 Å². The average Bonchev–Trinajstić information content (AvgIpc) is 2.16. The van der Waals surface area contributed by atoms with Crippen molar-refractivity contribution in [2.75, 3.05) is 0 Å². The molecule has 0 saturated heterocycles. The lowest BCUT2D eigenvalue weighted by molar-refractivity contribution is -0.119. The summed E-state index contributed by atoms with van der Waals surface area (Å²) in [6.45, 7) is 0. The fourth-order valence-corrected chi connectivity index (χ4v) is 1.51. The van der Waals surface area contributed by atoms with Crippen LogP contribution in [0.3, 0.4) is 0 Å². The zero-order valence-corrected chi connectivity index (χ0v) is 9.18. The Morgan fingerprint density at radius 2 is 1.71 bits per heavy atom. The van der Waals surface area contributed by atoms with Gasteiger partial charge in [-0.15, -0.1) is 0 Å². The van der Waals surface area contributed by atoms with Crippen LogP contribution in [0.1, 0.15) is 5.56 Å². The summed E-state index contributed by atoms with van der Waals surface area (Å²) >= 11 is 0. The van der Waals surface area contributed by atoms with Crippen LogP contribution in [0, 0.1) is 0 Å². The van der Waals surface area contributed by atoms with Gasteiger partial charge in [0.2, 0.25) is 5.91 Å². The molecule has 4 nitrogen and oxygen atoms in total. The Morgan fingerprint density at radius 1 is 1.18 bits per heavy atom. The van der Waals surface area contributed by atoms with Crippen LogP contribution in [0.4, 0.5) is 13.2 Å². The smallest absolute Gasteiger partial charge is 0.274 e. The van der Waals surface area contributed by atoms with Crippen molar-refractivity contribution < 1.29 is 26.4 Å². The first-order valence-electron chi connectivity index (χ1n) is 4.38. The van der Waals surface area contributed by atoms with E-state index in [9.17, 15) is 26.4 Å². The van der Waals surface area contributed by atoms with Crippen molar-refractivity contribution in [3.05, 3.63) is 35.9 Å². The second kappa shape index (κ2) is 4.74. The number of halogens is 3. The second-order valence-corrected chi connectivity index (χ2v) is 4.81. The molecule has 0 unspecified atom stereocenters. The zero-order valence-electron chi connectivity index (χ0n) is 8.36. The van der Waals surface area contributed by atoms with Crippen molar-refractivity contribution in [3.8, 4) is 0 Å². The van der Waals surface area contributed by atoms with Gasteiger partial charge in [0.15, 0.2) is 0 Å². The van der Waals surface area contributed by atoms with Crippen molar-refractivity contribution in [2.45, 2.75) is 11.9 Å². The molecular formula is C9H8F3NO3S. The van der Waals surface area contributed by atoms with Gasteiger partial charge in [-0.1, -0.05) is 30.3 Å². The largest absolute Gasteiger partial charge is 0.516 e. The van der Waals surface area contributed by atoms with E-state index >= 15 is 0 Å². The van der Waals surface area contributed by atoms with Crippen LogP contribution in [0.2, 0.25) is 0 Å². The second-order valence-electron chi connectivity index (χ2n) is 3.14. The molecule has 0 radical (unpaired) electrons. The number of nitrogens with one attached hydrogen (secondary N) is 1. The highest BCUT2D eigenvalue weighted by Crippen LogP contribution is 2.21. The molecule has 0 atom stereocenters. The van der Waals surface area contributed by atoms with Gasteiger partial charge in [-0.05, 0) is 5.56 Å². The number of sulfonamides is 1. The summed E-state index contributed by atoms with van der Waals surface area (Å²) in [5.74, 6) is -1.23. The lowest BCUT2D eigenvalue weighted by Gasteiger charge is -2.09. The number of amides is 1. The van der Waals surface area contributed by atoms with Gasteiger partial charge in [-0.2, -0.15) is 21.6 Å². The Labute approximate surface area is 95.5 Å². The molecular weight excluding hydrogens is 259 g/mol. The predicted molar refractivity (Wildman–Crippen MR) is 53.3 cm³/mol. The van der Waals surface area contributed by atoms with E-state index in [1.165, 1.54) is 12.1 Å². The summed E-state index contributed by atoms with van der Waals surface area (Å²) in [7, 11) is -5.62. The molecule has 1 amide bonds. The van der Waals surface area contributed by atoms with E-state index in [1.807, 2.05) is 0 Å². The van der Waals surface area contributed by atoms with Gasteiger partial charge >= 0.3 is 15.5 Å². The highest BCUT2D eigenvalue weighted by atomic mass is 32.2. The third kappa shape index (κ3) is 3.74. The molecule has 0 bridgehead atoms. The molecule has 1 N–H and O–H groups in total. The molecule has 0 aliphatic heterocycles. The molecule has 1 rings (SSSR count). The molecule has 0 fully saturated rings. The van der Waals surface area contributed by atoms with Gasteiger partial charge in [0, 0.05) is 0 Å². The summed E-state index contributed by atoms with van der Waals surface area (Å²) in [5, 5.41) is 0. The Morgan fingerprint density at radius 3 is 2.18 bits per heavy atom. The Kier molecular flexibility index (Phi) is 3.76. The van der Waals surface area contributed by atoms with Crippen molar-refractivity contribution in [3.63, 3.8) is 0 Å². The van der Waals surface area contributed by atoms with Crippen molar-refractivity contribution in [2.24, 2.45) is 0 Å². The topological polar surface area (TPSA) is 63.2 Å². The lowest BCUT2D eigenvalue weighted by Crippen LogP contribution is -2.40. The minimum absolute atomic E-state index is 0.419. The number of alkyl halides is 3. The normalized spacial score (nSPS) is 12.2. The predicted octanol–water partition coefficient (Wildman–Crippen LogP) is 1.19. The van der Waals surface area contributed by atoms with E-state index in [1.54, 1.807) is 18.2 Å². The van der Waals surface area contributed by atoms with E-state index in [0.717, 1.165) is 4.72 Å². The molecule has 1 aromatic rings. The van der Waals surface area contributed by atoms with Gasteiger partial charge in [0.1, 0.15) is 0 Å². The molecule has 8 heteroatoms. The van der Waals surface area contributed by atoms with Gasteiger partial charge < -0.3 is 0 Å². The van der Waals surface area contributed by atoms with Crippen molar-refractivity contribution in [1.82, 2.24) is 4.72 Å². The summed E-state index contributed by atoms with van der Waals surface area (Å²) in [5.41, 5.74) is -5.07.